The first-order chi connectivity index (χ1) is 8.78. The van der Waals surface area contributed by atoms with Crippen LogP contribution in [0.4, 0.5) is 0 Å². The molecular formula is C12H18N2O4S. The molecule has 19 heavy (non-hydrogen) atoms. The second-order valence-corrected chi connectivity index (χ2v) is 7.38. The lowest BCUT2D eigenvalue weighted by Gasteiger charge is -2.22. The van der Waals surface area contributed by atoms with Crippen LogP contribution in [0.1, 0.15) is 24.7 Å². The topological polar surface area (TPSA) is 89.3 Å². The Labute approximate surface area is 112 Å². The Kier molecular flexibility index (Phi) is 3.42. The fourth-order valence-electron chi connectivity index (χ4n) is 2.66. The highest BCUT2D eigenvalue weighted by Crippen LogP contribution is 2.36. The van der Waals surface area contributed by atoms with Crippen LogP contribution in [0.3, 0.4) is 0 Å². The molecule has 1 unspecified atom stereocenters. The van der Waals surface area contributed by atoms with Crippen LogP contribution in [-0.2, 0) is 27.6 Å². The average molecular weight is 286 g/mol. The quantitative estimate of drug-likeness (QED) is 0.877. The monoisotopic (exact) mass is 286 g/mol. The van der Waals surface area contributed by atoms with E-state index >= 15 is 0 Å². The molecule has 2 rings (SSSR count). The predicted octanol–water partition coefficient (Wildman–Crippen LogP) is 0.643. The van der Waals surface area contributed by atoms with Gasteiger partial charge in [0.2, 0.25) is 0 Å². The fraction of sp³-hybridized carbons (Fsp3) is 0.667. The minimum absolute atomic E-state index is 0.0431. The summed E-state index contributed by atoms with van der Waals surface area (Å²) in [6.45, 7) is 4.41. The predicted molar refractivity (Wildman–Crippen MR) is 69.7 cm³/mol. The number of sulfone groups is 1. The van der Waals surface area contributed by atoms with Gasteiger partial charge in [-0.25, -0.2) is 8.42 Å². The largest absolute Gasteiger partial charge is 0.481 e. The van der Waals surface area contributed by atoms with Gasteiger partial charge < -0.3 is 5.11 Å². The molecule has 0 spiro atoms. The highest BCUT2D eigenvalue weighted by Gasteiger charge is 2.48. The molecule has 0 amide bonds. The van der Waals surface area contributed by atoms with Crippen molar-refractivity contribution in [3.63, 3.8) is 0 Å². The summed E-state index contributed by atoms with van der Waals surface area (Å²) < 4.78 is 25.0. The summed E-state index contributed by atoms with van der Waals surface area (Å²) in [6, 6.07) is 1.83. The summed E-state index contributed by atoms with van der Waals surface area (Å²) in [6.07, 6.45) is 0.398. The first kappa shape index (κ1) is 14.0. The molecule has 1 atom stereocenters. The molecule has 1 aromatic heterocycles. The van der Waals surface area contributed by atoms with Crippen molar-refractivity contribution in [3.05, 3.63) is 17.5 Å². The molecule has 0 aromatic carbocycles. The SMILES string of the molecule is CCn1nc(C)cc1CC1(C(=O)O)CCS(=O)(=O)C1. The van der Waals surface area contributed by atoms with Gasteiger partial charge in [0.15, 0.2) is 9.84 Å². The van der Waals surface area contributed by atoms with Gasteiger partial charge in [-0.2, -0.15) is 5.10 Å². The number of rotatable bonds is 4. The Balaban J connectivity index is 2.35. The zero-order valence-corrected chi connectivity index (χ0v) is 11.9. The smallest absolute Gasteiger partial charge is 0.311 e. The molecule has 0 saturated carbocycles. The number of carboxylic acid groups (broad SMARTS) is 1. The Morgan fingerprint density at radius 1 is 1.58 bits per heavy atom. The van der Waals surface area contributed by atoms with Crippen molar-refractivity contribution in [2.75, 3.05) is 11.5 Å². The van der Waals surface area contributed by atoms with E-state index in [1.165, 1.54) is 0 Å². The van der Waals surface area contributed by atoms with Crippen LogP contribution >= 0.6 is 0 Å². The Morgan fingerprint density at radius 2 is 2.26 bits per heavy atom. The third-order valence-corrected chi connectivity index (χ3v) is 5.46. The minimum atomic E-state index is -3.24. The van der Waals surface area contributed by atoms with Gasteiger partial charge in [-0.3, -0.25) is 9.48 Å². The molecule has 1 aliphatic rings. The molecule has 0 aliphatic carbocycles. The molecule has 7 heteroatoms. The zero-order valence-electron chi connectivity index (χ0n) is 11.1. The highest BCUT2D eigenvalue weighted by atomic mass is 32.2. The maximum atomic E-state index is 11.6. The van der Waals surface area contributed by atoms with Crippen molar-refractivity contribution in [2.24, 2.45) is 5.41 Å². The Hall–Kier alpha value is -1.37. The van der Waals surface area contributed by atoms with Crippen LogP contribution in [0.2, 0.25) is 0 Å². The molecule has 106 valence electrons. The number of hydrogen-bond acceptors (Lipinski definition) is 4. The lowest BCUT2D eigenvalue weighted by Crippen LogP contribution is -2.35. The number of hydrogen-bond donors (Lipinski definition) is 1. The Bertz CT molecular complexity index is 605. The van der Waals surface area contributed by atoms with Crippen molar-refractivity contribution in [1.82, 2.24) is 9.78 Å². The average Bonchev–Trinajstić information content (AvgIpc) is 2.80. The lowest BCUT2D eigenvalue weighted by atomic mass is 9.83. The van der Waals surface area contributed by atoms with Gasteiger partial charge in [0.1, 0.15) is 0 Å². The van der Waals surface area contributed by atoms with Gasteiger partial charge in [0, 0.05) is 18.7 Å². The van der Waals surface area contributed by atoms with Gasteiger partial charge in [0.05, 0.1) is 22.6 Å². The standard InChI is InChI=1S/C12H18N2O4S/c1-3-14-10(6-9(2)13-14)7-12(11(15)16)4-5-19(17,18)8-12/h6H,3-5,7-8H2,1-2H3,(H,15,16). The number of aromatic nitrogens is 2. The summed E-state index contributed by atoms with van der Waals surface area (Å²) in [7, 11) is -3.24. The van der Waals surface area contributed by atoms with E-state index < -0.39 is 21.2 Å². The summed E-state index contributed by atoms with van der Waals surface area (Å²) in [4.78, 5) is 11.5. The van der Waals surface area contributed by atoms with Crippen LogP contribution in [0.25, 0.3) is 0 Å². The minimum Gasteiger partial charge on any atom is -0.481 e. The maximum absolute atomic E-state index is 11.6. The van der Waals surface area contributed by atoms with E-state index in [4.69, 9.17) is 0 Å². The van der Waals surface area contributed by atoms with Crippen molar-refractivity contribution >= 4 is 15.8 Å². The summed E-state index contributed by atoms with van der Waals surface area (Å²) in [5, 5.41) is 13.7. The highest BCUT2D eigenvalue weighted by molar-refractivity contribution is 7.91. The second-order valence-electron chi connectivity index (χ2n) is 5.20. The van der Waals surface area contributed by atoms with E-state index in [1.807, 2.05) is 19.9 Å². The first-order valence-corrected chi connectivity index (χ1v) is 8.07. The van der Waals surface area contributed by atoms with E-state index in [-0.39, 0.29) is 24.3 Å². The van der Waals surface area contributed by atoms with Gasteiger partial charge in [-0.15, -0.1) is 0 Å². The number of carbonyl (C=O) groups is 1. The van der Waals surface area contributed by atoms with Crippen molar-refractivity contribution < 1.29 is 18.3 Å². The van der Waals surface area contributed by atoms with Crippen molar-refractivity contribution in [2.45, 2.75) is 33.2 Å². The summed E-state index contributed by atoms with van der Waals surface area (Å²) in [5.74, 6) is -1.35. The van der Waals surface area contributed by atoms with Crippen LogP contribution in [0.5, 0.6) is 0 Å². The third-order valence-electron chi connectivity index (χ3n) is 3.65. The second kappa shape index (κ2) is 4.63. The lowest BCUT2D eigenvalue weighted by molar-refractivity contribution is -0.147. The maximum Gasteiger partial charge on any atom is 0.311 e. The van der Waals surface area contributed by atoms with E-state index in [9.17, 15) is 18.3 Å². The molecule has 1 N–H and O–H groups in total. The summed E-state index contributed by atoms with van der Waals surface area (Å²) >= 11 is 0. The third kappa shape index (κ3) is 2.65. The zero-order chi connectivity index (χ0) is 14.3. The van der Waals surface area contributed by atoms with Crippen LogP contribution in [0.15, 0.2) is 6.07 Å². The van der Waals surface area contributed by atoms with E-state index in [0.717, 1.165) is 11.4 Å². The van der Waals surface area contributed by atoms with Crippen molar-refractivity contribution in [3.8, 4) is 0 Å². The van der Waals surface area contributed by atoms with Crippen LogP contribution in [0, 0.1) is 12.3 Å². The van der Waals surface area contributed by atoms with E-state index in [0.29, 0.717) is 6.54 Å². The molecule has 1 fully saturated rings. The van der Waals surface area contributed by atoms with Crippen molar-refractivity contribution in [1.29, 1.82) is 0 Å². The summed E-state index contributed by atoms with van der Waals surface area (Å²) in [5.41, 5.74) is 0.413. The van der Waals surface area contributed by atoms with Crippen LogP contribution < -0.4 is 0 Å². The fourth-order valence-corrected chi connectivity index (χ4v) is 4.72. The van der Waals surface area contributed by atoms with Gasteiger partial charge in [-0.05, 0) is 26.3 Å². The van der Waals surface area contributed by atoms with Crippen LogP contribution in [-0.4, -0.2) is 40.8 Å². The number of carboxylic acids is 1. The first-order valence-electron chi connectivity index (χ1n) is 6.25. The molecule has 0 radical (unpaired) electrons. The number of aryl methyl sites for hydroxylation is 2. The molecule has 0 bridgehead atoms. The van der Waals surface area contributed by atoms with Gasteiger partial charge in [0.25, 0.3) is 0 Å². The number of aliphatic carboxylic acids is 1. The molecule has 6 nitrogen and oxygen atoms in total. The normalized spacial score (nSPS) is 25.6. The molecule has 2 heterocycles. The molecule has 1 aliphatic heterocycles. The number of nitrogens with zero attached hydrogens (tertiary/aromatic N) is 2. The van der Waals surface area contributed by atoms with E-state index in [1.54, 1.807) is 4.68 Å². The molecule has 1 aromatic rings. The van der Waals surface area contributed by atoms with E-state index in [2.05, 4.69) is 5.10 Å². The van der Waals surface area contributed by atoms with Gasteiger partial charge >= 0.3 is 5.97 Å². The van der Waals surface area contributed by atoms with Gasteiger partial charge in [-0.1, -0.05) is 0 Å². The molecular weight excluding hydrogens is 268 g/mol. The molecule has 1 saturated heterocycles. The Morgan fingerprint density at radius 3 is 2.74 bits per heavy atom.